The average molecular weight is 527 g/mol. The largest absolute Gasteiger partial charge is 0.504 e. The minimum absolute atomic E-state index is 0.0351. The molecule has 7 nitrogen and oxygen atoms in total. The van der Waals surface area contributed by atoms with Crippen LogP contribution in [0.3, 0.4) is 0 Å². The molecule has 0 aliphatic carbocycles. The van der Waals surface area contributed by atoms with Crippen molar-refractivity contribution in [2.24, 2.45) is 0 Å². The molecule has 0 aromatic heterocycles. The lowest BCUT2D eigenvalue weighted by Crippen LogP contribution is -2.23. The number of carbonyl (C=O) groups excluding carboxylic acids is 1. The number of aromatic hydroxyl groups is 6. The smallest absolute Gasteiger partial charge is 0.200 e. The Labute approximate surface area is 215 Å². The van der Waals surface area contributed by atoms with Gasteiger partial charge < -0.3 is 30.6 Å². The lowest BCUT2D eigenvalue weighted by atomic mass is 9.76. The first-order valence-corrected chi connectivity index (χ1v) is 11.4. The highest BCUT2D eigenvalue weighted by Gasteiger charge is 2.36. The van der Waals surface area contributed by atoms with Crippen molar-refractivity contribution < 1.29 is 35.4 Å². The van der Waals surface area contributed by atoms with Gasteiger partial charge in [0.1, 0.15) is 0 Å². The van der Waals surface area contributed by atoms with Crippen LogP contribution in [-0.2, 0) is 4.79 Å². The van der Waals surface area contributed by atoms with Gasteiger partial charge in [-0.25, -0.2) is 0 Å². The van der Waals surface area contributed by atoms with Crippen LogP contribution in [0.25, 0.3) is 0 Å². The Balaban J connectivity index is 2.01. The summed E-state index contributed by atoms with van der Waals surface area (Å²) in [6.45, 7) is 0. The van der Waals surface area contributed by atoms with Crippen molar-refractivity contribution >= 4 is 29.0 Å². The minimum atomic E-state index is -1.26. The fourth-order valence-corrected chi connectivity index (χ4v) is 4.57. The first-order valence-electron chi connectivity index (χ1n) is 10.6. The molecular weight excluding hydrogens is 507 g/mol. The molecule has 0 heterocycles. The highest BCUT2D eigenvalue weighted by atomic mass is 35.5. The number of hydrogen-bond acceptors (Lipinski definition) is 7. The van der Waals surface area contributed by atoms with Gasteiger partial charge >= 0.3 is 0 Å². The third-order valence-corrected chi connectivity index (χ3v) is 6.35. The second-order valence-corrected chi connectivity index (χ2v) is 8.99. The molecule has 0 radical (unpaired) electrons. The van der Waals surface area contributed by atoms with Crippen molar-refractivity contribution in [3.8, 4) is 34.5 Å². The van der Waals surface area contributed by atoms with Crippen LogP contribution in [0, 0.1) is 0 Å². The summed E-state index contributed by atoms with van der Waals surface area (Å²) in [6, 6.07) is 17.5. The van der Waals surface area contributed by atoms with E-state index in [2.05, 4.69) is 0 Å². The summed E-state index contributed by atoms with van der Waals surface area (Å²) >= 11 is 12.4. The molecule has 2 atom stereocenters. The standard InChI is InChI=1S/C27H20Cl2O7/c28-15-5-1-3-13(11-15)21(17-7-9-19(30)25(34)23(17)32)27(36)22(14-4-2-6-16(29)12-14)18-8-10-20(31)26(35)24(18)33/h1-12,21-22,30-35H. The molecular formula is C27H20Cl2O7. The van der Waals surface area contributed by atoms with Crippen molar-refractivity contribution in [2.45, 2.75) is 11.8 Å². The number of ketones is 1. The summed E-state index contributed by atoms with van der Waals surface area (Å²) in [6.07, 6.45) is 0. The van der Waals surface area contributed by atoms with Gasteiger partial charge in [-0.15, -0.1) is 0 Å². The molecule has 0 saturated carbocycles. The van der Waals surface area contributed by atoms with Crippen LogP contribution in [0.2, 0.25) is 10.0 Å². The van der Waals surface area contributed by atoms with Crippen molar-refractivity contribution in [1.82, 2.24) is 0 Å². The van der Waals surface area contributed by atoms with E-state index in [-0.39, 0.29) is 11.1 Å². The third-order valence-electron chi connectivity index (χ3n) is 5.88. The van der Waals surface area contributed by atoms with Crippen LogP contribution in [0.4, 0.5) is 0 Å². The molecule has 0 bridgehead atoms. The summed E-state index contributed by atoms with van der Waals surface area (Å²) in [7, 11) is 0. The van der Waals surface area contributed by atoms with Crippen LogP contribution in [-0.4, -0.2) is 36.4 Å². The van der Waals surface area contributed by atoms with Crippen LogP contribution in [0.5, 0.6) is 34.5 Å². The van der Waals surface area contributed by atoms with Gasteiger partial charge in [-0.1, -0.05) is 59.6 Å². The Morgan fingerprint density at radius 1 is 0.556 bits per heavy atom. The Hall–Kier alpha value is -4.07. The molecule has 0 amide bonds. The second kappa shape index (κ2) is 9.89. The topological polar surface area (TPSA) is 138 Å². The van der Waals surface area contributed by atoms with Crippen molar-refractivity contribution in [3.05, 3.63) is 105 Å². The molecule has 4 aromatic carbocycles. The number of carbonyl (C=O) groups is 1. The number of phenols is 6. The molecule has 0 saturated heterocycles. The molecule has 6 N–H and O–H groups in total. The van der Waals surface area contributed by atoms with Crippen molar-refractivity contribution in [3.63, 3.8) is 0 Å². The van der Waals surface area contributed by atoms with E-state index in [1.807, 2.05) is 0 Å². The van der Waals surface area contributed by atoms with E-state index in [1.54, 1.807) is 36.4 Å². The van der Waals surface area contributed by atoms with Gasteiger partial charge in [-0.3, -0.25) is 4.79 Å². The molecule has 4 rings (SSSR count). The molecule has 0 spiro atoms. The predicted octanol–water partition coefficient (Wildman–Crippen LogP) is 5.76. The van der Waals surface area contributed by atoms with Gasteiger partial charge in [0.25, 0.3) is 0 Å². The lowest BCUT2D eigenvalue weighted by molar-refractivity contribution is -0.120. The zero-order chi connectivity index (χ0) is 26.1. The number of phenolic OH excluding ortho intramolecular Hbond substituents is 6. The Bertz CT molecular complexity index is 1360. The van der Waals surface area contributed by atoms with Gasteiger partial charge in [-0.05, 0) is 47.5 Å². The average Bonchev–Trinajstić information content (AvgIpc) is 2.84. The van der Waals surface area contributed by atoms with E-state index in [1.165, 1.54) is 24.3 Å². The van der Waals surface area contributed by atoms with Gasteiger partial charge in [0.2, 0.25) is 11.5 Å². The zero-order valence-electron chi connectivity index (χ0n) is 18.4. The van der Waals surface area contributed by atoms with E-state index >= 15 is 0 Å². The maximum Gasteiger partial charge on any atom is 0.200 e. The maximum atomic E-state index is 14.4. The van der Waals surface area contributed by atoms with Crippen molar-refractivity contribution in [2.75, 3.05) is 0 Å². The van der Waals surface area contributed by atoms with Crippen LogP contribution in [0.1, 0.15) is 34.1 Å². The van der Waals surface area contributed by atoms with Gasteiger partial charge in [0, 0.05) is 21.2 Å². The van der Waals surface area contributed by atoms with Crippen LogP contribution in [0.15, 0.2) is 72.8 Å². The number of halogens is 2. The van der Waals surface area contributed by atoms with Gasteiger partial charge in [-0.2, -0.15) is 0 Å². The molecule has 36 heavy (non-hydrogen) atoms. The summed E-state index contributed by atoms with van der Waals surface area (Å²) in [4.78, 5) is 14.4. The quantitative estimate of drug-likeness (QED) is 0.175. The van der Waals surface area contributed by atoms with E-state index in [0.717, 1.165) is 12.1 Å². The number of Topliss-reactive ketones (excluding diaryl/α,β-unsaturated/α-hetero) is 1. The van der Waals surface area contributed by atoms with E-state index in [9.17, 15) is 35.4 Å². The summed E-state index contributed by atoms with van der Waals surface area (Å²) in [5.74, 6) is -7.31. The summed E-state index contributed by atoms with van der Waals surface area (Å²) < 4.78 is 0. The van der Waals surface area contributed by atoms with Gasteiger partial charge in [0.15, 0.2) is 28.8 Å². The van der Waals surface area contributed by atoms with E-state index in [4.69, 9.17) is 23.2 Å². The number of rotatable bonds is 6. The summed E-state index contributed by atoms with van der Waals surface area (Å²) in [5, 5.41) is 62.0. The highest BCUT2D eigenvalue weighted by Crippen LogP contribution is 2.48. The molecule has 9 heteroatoms. The third kappa shape index (κ3) is 4.58. The first kappa shape index (κ1) is 25.0. The van der Waals surface area contributed by atoms with Crippen molar-refractivity contribution in [1.29, 1.82) is 0 Å². The minimum Gasteiger partial charge on any atom is -0.504 e. The predicted molar refractivity (Wildman–Crippen MR) is 134 cm³/mol. The maximum absolute atomic E-state index is 14.4. The molecule has 0 aliphatic heterocycles. The van der Waals surface area contributed by atoms with Crippen LogP contribution < -0.4 is 0 Å². The Morgan fingerprint density at radius 2 is 0.944 bits per heavy atom. The summed E-state index contributed by atoms with van der Waals surface area (Å²) in [5.41, 5.74) is 0.629. The molecule has 184 valence electrons. The highest BCUT2D eigenvalue weighted by molar-refractivity contribution is 6.31. The Kier molecular flexibility index (Phi) is 6.88. The first-order chi connectivity index (χ1) is 17.1. The normalized spacial score (nSPS) is 12.7. The fourth-order valence-electron chi connectivity index (χ4n) is 4.17. The molecule has 0 fully saturated rings. The van der Waals surface area contributed by atoms with E-state index < -0.39 is 52.1 Å². The monoisotopic (exact) mass is 526 g/mol. The molecule has 2 unspecified atom stereocenters. The van der Waals surface area contributed by atoms with E-state index in [0.29, 0.717) is 21.2 Å². The number of hydrogen-bond donors (Lipinski definition) is 6. The zero-order valence-corrected chi connectivity index (χ0v) is 19.9. The fraction of sp³-hybridized carbons (Fsp3) is 0.0741. The van der Waals surface area contributed by atoms with Crippen LogP contribution >= 0.6 is 23.2 Å². The molecule has 4 aromatic rings. The Morgan fingerprint density at radius 3 is 1.31 bits per heavy atom. The number of benzene rings is 4. The second-order valence-electron chi connectivity index (χ2n) is 8.12. The lowest BCUT2D eigenvalue weighted by Gasteiger charge is -2.26. The SMILES string of the molecule is O=C(C(c1cccc(Cl)c1)c1ccc(O)c(O)c1O)C(c1cccc(Cl)c1)c1ccc(O)c(O)c1O. The molecule has 0 aliphatic rings. The van der Waals surface area contributed by atoms with Gasteiger partial charge in [0.05, 0.1) is 11.8 Å².